The number of aliphatic carboxylic acids is 2. The summed E-state index contributed by atoms with van der Waals surface area (Å²) in [5.74, 6) is -3.08. The summed E-state index contributed by atoms with van der Waals surface area (Å²) in [6.45, 7) is 6.30. The van der Waals surface area contributed by atoms with Gasteiger partial charge in [0, 0.05) is 13.1 Å². The van der Waals surface area contributed by atoms with Crippen LogP contribution in [-0.4, -0.2) is 192 Å². The Hall–Kier alpha value is -2.56. The van der Waals surface area contributed by atoms with E-state index in [4.69, 9.17) is 52.8 Å². The van der Waals surface area contributed by atoms with Crippen molar-refractivity contribution in [3.8, 4) is 0 Å². The Balaban J connectivity index is 3.13. The van der Waals surface area contributed by atoms with Crippen molar-refractivity contribution in [2.45, 2.75) is 0 Å². The summed E-state index contributed by atoms with van der Waals surface area (Å²) in [5, 5.41) is 21.9. The van der Waals surface area contributed by atoms with Crippen molar-refractivity contribution in [3.05, 3.63) is 0 Å². The van der Waals surface area contributed by atoms with Gasteiger partial charge in [0.15, 0.2) is 0 Å². The van der Waals surface area contributed by atoms with E-state index in [2.05, 4.69) is 20.1 Å². The molecule has 2 amide bonds. The monoisotopic (exact) mass is 688 g/mol. The zero-order valence-electron chi connectivity index (χ0n) is 27.0. The summed E-state index contributed by atoms with van der Waals surface area (Å²) >= 11 is 0. The lowest BCUT2D eigenvalue weighted by atomic mass is 10.6. The van der Waals surface area contributed by atoms with Crippen molar-refractivity contribution in [2.24, 2.45) is 0 Å². The van der Waals surface area contributed by atoms with Crippen LogP contribution < -0.4 is 10.6 Å². The van der Waals surface area contributed by atoms with Crippen molar-refractivity contribution in [1.29, 1.82) is 0 Å². The maximum atomic E-state index is 11.3. The Kier molecular flexibility index (Phi) is 34.3. The number of carbonyl (C=O) groups is 4. The molecule has 0 saturated heterocycles. The molecule has 0 fully saturated rings. The smallest absolute Gasteiger partial charge is 0.329 e. The molecule has 0 aliphatic heterocycles. The van der Waals surface area contributed by atoms with Gasteiger partial charge in [-0.1, -0.05) is 0 Å². The van der Waals surface area contributed by atoms with Gasteiger partial charge in [0.2, 0.25) is 11.8 Å². The highest BCUT2D eigenvalue weighted by Crippen LogP contribution is 1.87. The van der Waals surface area contributed by atoms with Crippen molar-refractivity contribution in [1.82, 2.24) is 10.6 Å². The van der Waals surface area contributed by atoms with Gasteiger partial charge in [0.1, 0.15) is 26.4 Å². The lowest BCUT2D eigenvalue weighted by Gasteiger charge is -2.09. The fourth-order valence-corrected chi connectivity index (χ4v) is 2.95. The third-order valence-corrected chi connectivity index (χ3v) is 5.03. The number of nitrogens with one attached hydrogen (secondary N) is 2. The lowest BCUT2D eigenvalue weighted by Crippen LogP contribution is -2.31. The first-order valence-electron chi connectivity index (χ1n) is 15.2. The van der Waals surface area contributed by atoms with E-state index in [1.54, 1.807) is 0 Å². The van der Waals surface area contributed by atoms with Crippen molar-refractivity contribution < 1.29 is 81.5 Å². The summed E-state index contributed by atoms with van der Waals surface area (Å²) in [7, 11) is 0. The van der Waals surface area contributed by atoms with Gasteiger partial charge in [0.25, 0.3) is 0 Å². The average Bonchev–Trinajstić information content (AvgIpc) is 3.03. The molecule has 0 rings (SSSR count). The molecular formula is C28H52N2O17. The first kappa shape index (κ1) is 44.4. The van der Waals surface area contributed by atoms with Gasteiger partial charge < -0.3 is 73.0 Å². The molecule has 0 aliphatic rings. The second kappa shape index (κ2) is 36.3. The minimum Gasteiger partial charge on any atom is -0.480 e. The molecule has 0 unspecified atom stereocenters. The summed E-state index contributed by atoms with van der Waals surface area (Å²) in [6, 6.07) is 0. The Morgan fingerprint density at radius 1 is 0.319 bits per heavy atom. The Morgan fingerprint density at radius 3 is 0.745 bits per heavy atom. The molecule has 0 aromatic heterocycles. The van der Waals surface area contributed by atoms with Crippen LogP contribution in [0.2, 0.25) is 0 Å². The second-order valence-corrected chi connectivity index (χ2v) is 8.98. The third kappa shape index (κ3) is 39.5. The van der Waals surface area contributed by atoms with E-state index in [9.17, 15) is 19.2 Å². The van der Waals surface area contributed by atoms with Crippen molar-refractivity contribution in [3.63, 3.8) is 0 Å². The van der Waals surface area contributed by atoms with E-state index in [1.807, 2.05) is 0 Å². The minimum atomic E-state index is -1.13. The predicted octanol–water partition coefficient (Wildman–Crippen LogP) is -2.43. The van der Waals surface area contributed by atoms with Crippen LogP contribution in [0.4, 0.5) is 0 Å². The number of hydrogen-bond acceptors (Lipinski definition) is 15. The molecule has 19 nitrogen and oxygen atoms in total. The van der Waals surface area contributed by atoms with Crippen LogP contribution in [0.3, 0.4) is 0 Å². The number of ether oxygens (including phenoxy) is 11. The first-order valence-corrected chi connectivity index (χ1v) is 15.2. The molecule has 4 N–H and O–H groups in total. The third-order valence-electron chi connectivity index (χ3n) is 5.03. The highest BCUT2D eigenvalue weighted by molar-refractivity contribution is 5.78. The van der Waals surface area contributed by atoms with Gasteiger partial charge in [-0.2, -0.15) is 0 Å². The zero-order chi connectivity index (χ0) is 34.5. The minimum absolute atomic E-state index is 0.290. The molecule has 47 heavy (non-hydrogen) atoms. The Bertz CT molecular complexity index is 703. The molecule has 0 saturated carbocycles. The number of carboxylic acid groups (broad SMARTS) is 2. The molecule has 0 atom stereocenters. The van der Waals surface area contributed by atoms with E-state index in [1.165, 1.54) is 0 Å². The van der Waals surface area contributed by atoms with Gasteiger partial charge in [-0.05, 0) is 0 Å². The SMILES string of the molecule is O=C(O)COCC(=O)NCCOCCOCCOCCOCCOCCOCCOCCOCCOCCNC(=O)COCC(=O)O. The maximum Gasteiger partial charge on any atom is 0.329 e. The Morgan fingerprint density at radius 2 is 0.532 bits per heavy atom. The molecule has 0 radical (unpaired) electrons. The number of amides is 2. The molecule has 0 heterocycles. The second-order valence-electron chi connectivity index (χ2n) is 8.98. The molecule has 0 aliphatic carbocycles. The van der Waals surface area contributed by atoms with Crippen LogP contribution in [0, 0.1) is 0 Å². The van der Waals surface area contributed by atoms with E-state index in [0.717, 1.165) is 0 Å². The number of carboxylic acids is 2. The molecule has 0 spiro atoms. The van der Waals surface area contributed by atoms with Crippen LogP contribution in [0.1, 0.15) is 0 Å². The topological polar surface area (TPSA) is 234 Å². The number of carbonyl (C=O) groups excluding carboxylic acids is 2. The van der Waals surface area contributed by atoms with Crippen LogP contribution >= 0.6 is 0 Å². The van der Waals surface area contributed by atoms with Gasteiger partial charge in [-0.15, -0.1) is 0 Å². The highest BCUT2D eigenvalue weighted by atomic mass is 16.6. The van der Waals surface area contributed by atoms with Crippen LogP contribution in [0.25, 0.3) is 0 Å². The molecular weight excluding hydrogens is 636 g/mol. The fraction of sp³-hybridized carbons (Fsp3) is 0.857. The highest BCUT2D eigenvalue weighted by Gasteiger charge is 2.04. The lowest BCUT2D eigenvalue weighted by molar-refractivity contribution is -0.145. The first-order chi connectivity index (χ1) is 22.9. The summed E-state index contributed by atoms with van der Waals surface area (Å²) in [4.78, 5) is 43.2. The molecule has 276 valence electrons. The summed E-state index contributed by atoms with van der Waals surface area (Å²) < 4.78 is 57.8. The summed E-state index contributed by atoms with van der Waals surface area (Å²) in [5.41, 5.74) is 0. The number of hydrogen-bond donors (Lipinski definition) is 4. The average molecular weight is 689 g/mol. The zero-order valence-corrected chi connectivity index (χ0v) is 27.0. The van der Waals surface area contributed by atoms with Gasteiger partial charge in [0.05, 0.1) is 119 Å². The standard InChI is InChI=1S/C28H52N2O17/c31-25(21-46-23-27(33)34)29-1-3-37-5-7-39-9-11-41-13-15-43-17-19-45-20-18-44-16-14-42-12-10-40-8-6-38-4-2-30-26(32)22-47-24-28(35)36/h1-24H2,(H,29,31)(H,30,32)(H,33,34)(H,35,36). The van der Waals surface area contributed by atoms with Gasteiger partial charge in [-0.25, -0.2) is 9.59 Å². The predicted molar refractivity (Wildman–Crippen MR) is 160 cm³/mol. The largest absolute Gasteiger partial charge is 0.480 e. The van der Waals surface area contributed by atoms with E-state index in [-0.39, 0.29) is 26.3 Å². The van der Waals surface area contributed by atoms with E-state index < -0.39 is 37.0 Å². The Labute approximate surface area is 274 Å². The van der Waals surface area contributed by atoms with Crippen LogP contribution in [0.5, 0.6) is 0 Å². The molecule has 0 aromatic rings. The van der Waals surface area contributed by atoms with E-state index >= 15 is 0 Å². The van der Waals surface area contributed by atoms with Gasteiger partial charge >= 0.3 is 11.9 Å². The van der Waals surface area contributed by atoms with Crippen LogP contribution in [0.15, 0.2) is 0 Å². The van der Waals surface area contributed by atoms with Crippen molar-refractivity contribution >= 4 is 23.8 Å². The summed E-state index contributed by atoms with van der Waals surface area (Å²) in [6.07, 6.45) is 0. The normalized spacial score (nSPS) is 11.1. The van der Waals surface area contributed by atoms with Gasteiger partial charge in [-0.3, -0.25) is 9.59 Å². The molecule has 19 heteroatoms. The number of rotatable bonds is 38. The maximum absolute atomic E-state index is 11.3. The van der Waals surface area contributed by atoms with Crippen molar-refractivity contribution in [2.75, 3.05) is 158 Å². The molecule has 0 bridgehead atoms. The fourth-order valence-electron chi connectivity index (χ4n) is 2.95. The molecule has 0 aromatic carbocycles. The van der Waals surface area contributed by atoms with Crippen LogP contribution in [-0.2, 0) is 71.3 Å². The quantitative estimate of drug-likeness (QED) is 0.0494. The van der Waals surface area contributed by atoms with E-state index in [0.29, 0.717) is 119 Å².